The molecule has 0 N–H and O–H groups in total. The standard InChI is InChI=1S/C11H12OS/c1-4-7-13-12-11-6-5-9(2)8-10(11)3/h5-6,8H,1-3H3. The van der Waals surface area contributed by atoms with Crippen molar-refractivity contribution in [2.24, 2.45) is 0 Å². The predicted molar refractivity (Wildman–Crippen MR) is 57.6 cm³/mol. The molecule has 1 rings (SSSR count). The van der Waals surface area contributed by atoms with E-state index >= 15 is 0 Å². The SMILES string of the molecule is CC#CSOc1ccc(C)cc1C. The Morgan fingerprint density at radius 2 is 2.08 bits per heavy atom. The maximum absolute atomic E-state index is 5.38. The van der Waals surface area contributed by atoms with Crippen molar-refractivity contribution in [1.82, 2.24) is 0 Å². The van der Waals surface area contributed by atoms with E-state index in [9.17, 15) is 0 Å². The Morgan fingerprint density at radius 1 is 1.31 bits per heavy atom. The van der Waals surface area contributed by atoms with E-state index < -0.39 is 0 Å². The molecule has 0 aliphatic rings. The van der Waals surface area contributed by atoms with Crippen LogP contribution in [0, 0.1) is 25.0 Å². The number of aryl methyl sites for hydroxylation is 2. The molecule has 0 saturated carbocycles. The average molecular weight is 192 g/mol. The number of hydrogen-bond acceptors (Lipinski definition) is 2. The van der Waals surface area contributed by atoms with E-state index in [1.54, 1.807) is 6.92 Å². The molecule has 0 atom stereocenters. The summed E-state index contributed by atoms with van der Waals surface area (Å²) >= 11 is 1.17. The Hall–Kier alpha value is -1.07. The minimum Gasteiger partial charge on any atom is -0.412 e. The van der Waals surface area contributed by atoms with Gasteiger partial charge in [0.05, 0.1) is 0 Å². The Kier molecular flexibility index (Phi) is 3.72. The quantitative estimate of drug-likeness (QED) is 0.525. The maximum atomic E-state index is 5.38. The van der Waals surface area contributed by atoms with Crippen molar-refractivity contribution in [3.63, 3.8) is 0 Å². The zero-order valence-electron chi connectivity index (χ0n) is 8.05. The molecule has 1 aromatic rings. The third kappa shape index (κ3) is 3.04. The molecule has 1 nitrogen and oxygen atoms in total. The molecule has 0 saturated heterocycles. The van der Waals surface area contributed by atoms with Crippen LogP contribution in [0.25, 0.3) is 0 Å². The first-order chi connectivity index (χ1) is 6.24. The monoisotopic (exact) mass is 192 g/mol. The van der Waals surface area contributed by atoms with E-state index in [1.807, 2.05) is 19.1 Å². The first kappa shape index (κ1) is 10.0. The number of benzene rings is 1. The first-order valence-corrected chi connectivity index (χ1v) is 4.80. The molecule has 13 heavy (non-hydrogen) atoms. The maximum Gasteiger partial charge on any atom is 0.145 e. The second-order valence-electron chi connectivity index (χ2n) is 2.79. The van der Waals surface area contributed by atoms with Crippen molar-refractivity contribution in [2.45, 2.75) is 20.8 Å². The van der Waals surface area contributed by atoms with E-state index in [0.717, 1.165) is 11.3 Å². The highest BCUT2D eigenvalue weighted by molar-refractivity contribution is 7.99. The van der Waals surface area contributed by atoms with Crippen LogP contribution in [0.5, 0.6) is 5.75 Å². The van der Waals surface area contributed by atoms with Crippen LogP contribution in [0.2, 0.25) is 0 Å². The van der Waals surface area contributed by atoms with Gasteiger partial charge in [-0.2, -0.15) is 0 Å². The Balaban J connectivity index is 2.70. The van der Waals surface area contributed by atoms with Crippen molar-refractivity contribution >= 4 is 12.0 Å². The van der Waals surface area contributed by atoms with Crippen molar-refractivity contribution < 1.29 is 4.18 Å². The summed E-state index contributed by atoms with van der Waals surface area (Å²) < 4.78 is 5.38. The zero-order valence-corrected chi connectivity index (χ0v) is 8.87. The minimum atomic E-state index is 0.887. The molecule has 0 aliphatic heterocycles. The summed E-state index contributed by atoms with van der Waals surface area (Å²) in [4.78, 5) is 0. The Labute approximate surface area is 83.7 Å². The third-order valence-electron chi connectivity index (χ3n) is 1.61. The summed E-state index contributed by atoms with van der Waals surface area (Å²) in [5, 5.41) is 2.78. The molecule has 0 amide bonds. The fourth-order valence-corrected chi connectivity index (χ4v) is 1.40. The number of rotatable bonds is 2. The summed E-state index contributed by atoms with van der Waals surface area (Å²) in [5.41, 5.74) is 2.39. The molecule has 0 bridgehead atoms. The fourth-order valence-electron chi connectivity index (χ4n) is 1.00. The predicted octanol–water partition coefficient (Wildman–Crippen LogP) is 3.31. The molecule has 0 heterocycles. The van der Waals surface area contributed by atoms with Crippen LogP contribution in [-0.2, 0) is 0 Å². The lowest BCUT2D eigenvalue weighted by molar-refractivity contribution is 0.646. The van der Waals surface area contributed by atoms with Crippen LogP contribution >= 0.6 is 12.0 Å². The highest BCUT2D eigenvalue weighted by Gasteiger charge is 1.98. The summed E-state index contributed by atoms with van der Waals surface area (Å²) in [6.45, 7) is 5.89. The van der Waals surface area contributed by atoms with Crippen LogP contribution in [0.1, 0.15) is 18.1 Å². The van der Waals surface area contributed by atoms with Gasteiger partial charge >= 0.3 is 0 Å². The van der Waals surface area contributed by atoms with Gasteiger partial charge in [0.1, 0.15) is 17.8 Å². The molecule has 2 heteroatoms. The van der Waals surface area contributed by atoms with Crippen LogP contribution in [-0.4, -0.2) is 0 Å². The lowest BCUT2D eigenvalue weighted by Crippen LogP contribution is -1.84. The molecular weight excluding hydrogens is 180 g/mol. The normalized spacial score (nSPS) is 8.85. The van der Waals surface area contributed by atoms with E-state index in [4.69, 9.17) is 4.18 Å². The largest absolute Gasteiger partial charge is 0.412 e. The fraction of sp³-hybridized carbons (Fsp3) is 0.273. The third-order valence-corrected chi connectivity index (χ3v) is 2.16. The molecule has 0 fully saturated rings. The summed E-state index contributed by atoms with van der Waals surface area (Å²) in [7, 11) is 0. The van der Waals surface area contributed by atoms with Crippen LogP contribution < -0.4 is 4.18 Å². The lowest BCUT2D eigenvalue weighted by Gasteiger charge is -2.04. The van der Waals surface area contributed by atoms with E-state index in [0.29, 0.717) is 0 Å². The summed E-state index contributed by atoms with van der Waals surface area (Å²) in [6, 6.07) is 6.09. The van der Waals surface area contributed by atoms with Gasteiger partial charge in [-0.3, -0.25) is 0 Å². The van der Waals surface area contributed by atoms with Gasteiger partial charge in [0.15, 0.2) is 0 Å². The summed E-state index contributed by atoms with van der Waals surface area (Å²) in [5.74, 6) is 3.64. The molecule has 0 radical (unpaired) electrons. The van der Waals surface area contributed by atoms with Gasteiger partial charge in [-0.25, -0.2) is 0 Å². The van der Waals surface area contributed by atoms with Gasteiger partial charge in [-0.1, -0.05) is 23.6 Å². The van der Waals surface area contributed by atoms with E-state index in [1.165, 1.54) is 17.6 Å². The zero-order chi connectivity index (χ0) is 9.68. The van der Waals surface area contributed by atoms with Crippen LogP contribution in [0.4, 0.5) is 0 Å². The van der Waals surface area contributed by atoms with Gasteiger partial charge in [0.25, 0.3) is 0 Å². The van der Waals surface area contributed by atoms with E-state index in [-0.39, 0.29) is 0 Å². The molecule has 1 aromatic carbocycles. The highest BCUT2D eigenvalue weighted by Crippen LogP contribution is 2.21. The average Bonchev–Trinajstić information content (AvgIpc) is 2.09. The highest BCUT2D eigenvalue weighted by atomic mass is 32.2. The molecule has 0 unspecified atom stereocenters. The molecule has 0 spiro atoms. The molecule has 0 aliphatic carbocycles. The van der Waals surface area contributed by atoms with Crippen molar-refractivity contribution in [1.29, 1.82) is 0 Å². The first-order valence-electron chi connectivity index (χ1n) is 4.06. The van der Waals surface area contributed by atoms with Crippen LogP contribution in [0.15, 0.2) is 18.2 Å². The minimum absolute atomic E-state index is 0.887. The lowest BCUT2D eigenvalue weighted by atomic mass is 10.1. The van der Waals surface area contributed by atoms with Gasteiger partial charge in [0.2, 0.25) is 0 Å². The Bertz CT molecular complexity index is 347. The molecular formula is C11H12OS. The van der Waals surface area contributed by atoms with Crippen molar-refractivity contribution in [3.8, 4) is 16.9 Å². The van der Waals surface area contributed by atoms with E-state index in [2.05, 4.69) is 24.2 Å². The molecule has 68 valence electrons. The Morgan fingerprint density at radius 3 is 2.69 bits per heavy atom. The van der Waals surface area contributed by atoms with Gasteiger partial charge < -0.3 is 4.18 Å². The molecule has 0 aromatic heterocycles. The van der Waals surface area contributed by atoms with Crippen molar-refractivity contribution in [3.05, 3.63) is 29.3 Å². The van der Waals surface area contributed by atoms with Gasteiger partial charge in [0, 0.05) is 5.25 Å². The second-order valence-corrected chi connectivity index (χ2v) is 3.33. The van der Waals surface area contributed by atoms with Gasteiger partial charge in [-0.05, 0) is 32.4 Å². The number of hydrogen-bond donors (Lipinski definition) is 0. The smallest absolute Gasteiger partial charge is 0.145 e. The van der Waals surface area contributed by atoms with Crippen LogP contribution in [0.3, 0.4) is 0 Å². The topological polar surface area (TPSA) is 9.23 Å². The second kappa shape index (κ2) is 4.84. The van der Waals surface area contributed by atoms with Gasteiger partial charge in [-0.15, -0.1) is 0 Å². The summed E-state index contributed by atoms with van der Waals surface area (Å²) in [6.07, 6.45) is 0. The van der Waals surface area contributed by atoms with Crippen molar-refractivity contribution in [2.75, 3.05) is 0 Å².